The van der Waals surface area contributed by atoms with E-state index in [1.807, 2.05) is 9.73 Å². The molecule has 11 nitrogen and oxygen atoms in total. The van der Waals surface area contributed by atoms with Crippen LogP contribution < -0.4 is 15.2 Å². The minimum absolute atomic E-state index is 0.114. The van der Waals surface area contributed by atoms with Crippen molar-refractivity contribution in [2.75, 3.05) is 31.2 Å². The number of aromatic hydroxyl groups is 1. The molecule has 1 amide bonds. The number of carbonyl (C=O) groups excluding carboxylic acids is 1. The molecule has 1 fully saturated rings. The molecule has 0 radical (unpaired) electrons. The molecule has 1 saturated heterocycles. The number of morpholine rings is 1. The van der Waals surface area contributed by atoms with E-state index in [9.17, 15) is 23.1 Å². The van der Waals surface area contributed by atoms with Crippen LogP contribution in [0, 0.1) is 13.8 Å². The quantitative estimate of drug-likeness (QED) is 0.457. The second-order valence-electron chi connectivity index (χ2n) is 6.51. The molecule has 0 bridgehead atoms. The number of aromatic nitrogens is 1. The molecular formula is C17H20N4O7S2. The van der Waals surface area contributed by atoms with Crippen molar-refractivity contribution in [1.29, 1.82) is 0 Å². The number of rotatable bonds is 6. The zero-order valence-corrected chi connectivity index (χ0v) is 17.8. The lowest BCUT2D eigenvalue weighted by atomic mass is 10.1. The minimum atomic E-state index is -4.29. The number of sulfonamides is 1. The van der Waals surface area contributed by atoms with Crippen molar-refractivity contribution in [3.05, 3.63) is 33.8 Å². The summed E-state index contributed by atoms with van der Waals surface area (Å²) in [7, 11) is -4.29. The first-order valence-electron chi connectivity index (χ1n) is 8.79. The number of amides is 1. The van der Waals surface area contributed by atoms with Crippen molar-refractivity contribution in [2.24, 2.45) is 0 Å². The first-order valence-corrected chi connectivity index (χ1v) is 11.1. The van der Waals surface area contributed by atoms with E-state index in [4.69, 9.17) is 9.84 Å². The van der Waals surface area contributed by atoms with Gasteiger partial charge in [-0.3, -0.25) is 10.2 Å². The standard InChI is InChI=1S/C17H20N4O7S2/c1-9-7-12(22)11(16(24)25)8-13(9)30(26,27)20-19-15(23)14-10(2)18-17(29-14)21-3-5-28-6-4-21/h7-8,20,22H,3-6H2,1-2H3,(H,19,23)(H,24,25). The lowest BCUT2D eigenvalue weighted by Crippen LogP contribution is -2.41. The Hall–Kier alpha value is -2.74. The highest BCUT2D eigenvalue weighted by Gasteiger charge is 2.25. The van der Waals surface area contributed by atoms with E-state index in [-0.39, 0.29) is 15.3 Å². The molecule has 4 N–H and O–H groups in total. The molecule has 0 unspecified atom stereocenters. The highest BCUT2D eigenvalue weighted by Crippen LogP contribution is 2.27. The van der Waals surface area contributed by atoms with E-state index in [0.717, 1.165) is 23.5 Å². The highest BCUT2D eigenvalue weighted by atomic mass is 32.2. The summed E-state index contributed by atoms with van der Waals surface area (Å²) in [6, 6.07) is 1.86. The Balaban J connectivity index is 1.76. The topological polar surface area (TPSA) is 158 Å². The van der Waals surface area contributed by atoms with E-state index in [1.165, 1.54) is 6.92 Å². The Morgan fingerprint density at radius 3 is 2.53 bits per heavy atom. The van der Waals surface area contributed by atoms with Crippen molar-refractivity contribution < 1.29 is 33.0 Å². The molecule has 0 aliphatic carbocycles. The predicted molar refractivity (Wildman–Crippen MR) is 107 cm³/mol. The summed E-state index contributed by atoms with van der Waals surface area (Å²) in [5.74, 6) is -2.73. The lowest BCUT2D eigenvalue weighted by molar-refractivity contribution is 0.0693. The van der Waals surface area contributed by atoms with Gasteiger partial charge < -0.3 is 19.8 Å². The molecule has 1 aliphatic heterocycles. The molecule has 2 aromatic rings. The summed E-state index contributed by atoms with van der Waals surface area (Å²) in [5.41, 5.74) is 2.12. The van der Waals surface area contributed by atoms with Gasteiger partial charge in [-0.25, -0.2) is 18.2 Å². The molecule has 3 rings (SSSR count). The number of hydrazine groups is 1. The first kappa shape index (κ1) is 22.0. The van der Waals surface area contributed by atoms with Gasteiger partial charge in [0.15, 0.2) is 5.13 Å². The Bertz CT molecular complexity index is 1090. The van der Waals surface area contributed by atoms with Crippen molar-refractivity contribution in [3.63, 3.8) is 0 Å². The van der Waals surface area contributed by atoms with Crippen LogP contribution in [0.4, 0.5) is 5.13 Å². The number of thiazole rings is 1. The Morgan fingerprint density at radius 2 is 1.90 bits per heavy atom. The number of anilines is 1. The van der Waals surface area contributed by atoms with Crippen molar-refractivity contribution >= 4 is 38.4 Å². The minimum Gasteiger partial charge on any atom is -0.507 e. The summed E-state index contributed by atoms with van der Waals surface area (Å²) in [6.45, 7) is 5.45. The maximum Gasteiger partial charge on any atom is 0.339 e. The molecule has 0 atom stereocenters. The monoisotopic (exact) mass is 456 g/mol. The lowest BCUT2D eigenvalue weighted by Gasteiger charge is -2.25. The van der Waals surface area contributed by atoms with Gasteiger partial charge in [0.2, 0.25) is 0 Å². The summed E-state index contributed by atoms with van der Waals surface area (Å²) >= 11 is 1.13. The largest absolute Gasteiger partial charge is 0.507 e. The molecule has 30 heavy (non-hydrogen) atoms. The van der Waals surface area contributed by atoms with Gasteiger partial charge in [-0.05, 0) is 31.5 Å². The van der Waals surface area contributed by atoms with Gasteiger partial charge in [0.05, 0.1) is 23.8 Å². The molecule has 2 heterocycles. The number of nitrogens with one attached hydrogen (secondary N) is 2. The fourth-order valence-electron chi connectivity index (χ4n) is 2.84. The van der Waals surface area contributed by atoms with Crippen molar-refractivity contribution in [3.8, 4) is 5.75 Å². The van der Waals surface area contributed by atoms with Crippen LogP contribution in [-0.2, 0) is 14.8 Å². The third-order valence-corrected chi connectivity index (χ3v) is 6.99. The predicted octanol–water partition coefficient (Wildman–Crippen LogP) is 0.624. The molecule has 162 valence electrons. The molecule has 1 aliphatic rings. The number of aromatic carboxylic acids is 1. The van der Waals surface area contributed by atoms with Crippen LogP contribution in [0.2, 0.25) is 0 Å². The van der Waals surface area contributed by atoms with Crippen LogP contribution in [0.15, 0.2) is 17.0 Å². The average Bonchev–Trinajstić information content (AvgIpc) is 3.08. The number of carboxylic acid groups (broad SMARTS) is 1. The van der Waals surface area contributed by atoms with Gasteiger partial charge in [-0.2, -0.15) is 0 Å². The van der Waals surface area contributed by atoms with Gasteiger partial charge >= 0.3 is 5.97 Å². The zero-order valence-electron chi connectivity index (χ0n) is 16.1. The highest BCUT2D eigenvalue weighted by molar-refractivity contribution is 7.89. The molecular weight excluding hydrogens is 436 g/mol. The smallest absolute Gasteiger partial charge is 0.339 e. The number of aryl methyl sites for hydroxylation is 2. The zero-order chi connectivity index (χ0) is 22.1. The second kappa shape index (κ2) is 8.55. The number of ether oxygens (including phenoxy) is 1. The number of phenols is 1. The van der Waals surface area contributed by atoms with Crippen LogP contribution in [0.3, 0.4) is 0 Å². The van der Waals surface area contributed by atoms with Gasteiger partial charge in [0.1, 0.15) is 16.2 Å². The van der Waals surface area contributed by atoms with E-state index in [0.29, 0.717) is 37.1 Å². The van der Waals surface area contributed by atoms with Crippen LogP contribution in [0.25, 0.3) is 0 Å². The Morgan fingerprint density at radius 1 is 1.23 bits per heavy atom. The maximum atomic E-state index is 12.6. The van der Waals surface area contributed by atoms with Crippen LogP contribution in [-0.4, -0.2) is 61.8 Å². The summed E-state index contributed by atoms with van der Waals surface area (Å²) in [6.07, 6.45) is 0. The summed E-state index contributed by atoms with van der Waals surface area (Å²) in [5, 5.41) is 19.4. The normalized spacial score (nSPS) is 14.5. The third-order valence-electron chi connectivity index (χ3n) is 4.39. The SMILES string of the molecule is Cc1cc(O)c(C(=O)O)cc1S(=O)(=O)NNC(=O)c1sc(N2CCOCC2)nc1C. The number of carboxylic acids is 1. The average molecular weight is 457 g/mol. The van der Waals surface area contributed by atoms with E-state index >= 15 is 0 Å². The summed E-state index contributed by atoms with van der Waals surface area (Å²) < 4.78 is 30.4. The van der Waals surface area contributed by atoms with E-state index in [1.54, 1.807) is 6.92 Å². The Kier molecular flexibility index (Phi) is 6.26. The van der Waals surface area contributed by atoms with Crippen molar-refractivity contribution in [2.45, 2.75) is 18.7 Å². The summed E-state index contributed by atoms with van der Waals surface area (Å²) in [4.78, 5) is 31.9. The number of hydrogen-bond acceptors (Lipinski definition) is 9. The third kappa shape index (κ3) is 4.53. The fourth-order valence-corrected chi connectivity index (χ4v) is 4.95. The number of carbonyl (C=O) groups is 2. The molecule has 1 aromatic carbocycles. The van der Waals surface area contributed by atoms with E-state index in [2.05, 4.69) is 10.4 Å². The second-order valence-corrected chi connectivity index (χ2v) is 9.14. The number of benzene rings is 1. The van der Waals surface area contributed by atoms with Crippen LogP contribution in [0.1, 0.15) is 31.3 Å². The van der Waals surface area contributed by atoms with Gasteiger partial charge in [0, 0.05) is 13.1 Å². The molecule has 13 heteroatoms. The van der Waals surface area contributed by atoms with Crippen LogP contribution >= 0.6 is 11.3 Å². The first-order chi connectivity index (χ1) is 14.1. The fraction of sp³-hybridized carbons (Fsp3) is 0.353. The van der Waals surface area contributed by atoms with Crippen molar-refractivity contribution in [1.82, 2.24) is 15.2 Å². The molecule has 1 aromatic heterocycles. The van der Waals surface area contributed by atoms with Gasteiger partial charge in [-0.1, -0.05) is 11.3 Å². The Labute approximate surface area is 176 Å². The number of hydrogen-bond donors (Lipinski definition) is 4. The van der Waals surface area contributed by atoms with Gasteiger partial charge in [0.25, 0.3) is 15.9 Å². The van der Waals surface area contributed by atoms with E-state index < -0.39 is 33.2 Å². The van der Waals surface area contributed by atoms with Gasteiger partial charge in [-0.15, -0.1) is 4.83 Å². The molecule has 0 saturated carbocycles. The maximum absolute atomic E-state index is 12.6. The number of nitrogens with zero attached hydrogens (tertiary/aromatic N) is 2. The molecule has 0 spiro atoms. The van der Waals surface area contributed by atoms with Crippen LogP contribution in [0.5, 0.6) is 5.75 Å².